The number of carbonyl (C=O) groups is 3. The maximum Gasteiger partial charge on any atom is 0.335 e. The van der Waals surface area contributed by atoms with Crippen LogP contribution in [0.1, 0.15) is 84.5 Å². The summed E-state index contributed by atoms with van der Waals surface area (Å²) in [6, 6.07) is 16.4. The minimum atomic E-state index is -0.794. The lowest BCUT2D eigenvalue weighted by atomic mass is 9.82. The van der Waals surface area contributed by atoms with Gasteiger partial charge in [-0.1, -0.05) is 90.1 Å². The second-order valence-corrected chi connectivity index (χ2v) is 13.8. The van der Waals surface area contributed by atoms with Crippen LogP contribution in [-0.2, 0) is 28.6 Å². The molecule has 1 saturated heterocycles. The molecular formula is C37H49NO7. The molecule has 8 atom stereocenters. The van der Waals surface area contributed by atoms with Crippen molar-refractivity contribution in [3.8, 4) is 5.75 Å². The number of amides is 1. The van der Waals surface area contributed by atoms with E-state index < -0.39 is 41.5 Å². The smallest absolute Gasteiger partial charge is 0.335 e. The summed E-state index contributed by atoms with van der Waals surface area (Å²) in [5, 5.41) is 12.9. The third-order valence-corrected chi connectivity index (χ3v) is 9.30. The van der Waals surface area contributed by atoms with Gasteiger partial charge in [-0.05, 0) is 48.6 Å². The van der Waals surface area contributed by atoms with Crippen LogP contribution >= 0.6 is 0 Å². The van der Waals surface area contributed by atoms with Crippen molar-refractivity contribution >= 4 is 17.7 Å². The number of phenols is 1. The van der Waals surface area contributed by atoms with Crippen molar-refractivity contribution in [3.63, 3.8) is 0 Å². The number of nitrogens with one attached hydrogen (secondary N) is 1. The van der Waals surface area contributed by atoms with Crippen molar-refractivity contribution in [2.45, 2.75) is 97.7 Å². The number of rotatable bonds is 6. The predicted octanol–water partition coefficient (Wildman–Crippen LogP) is 6.29. The number of ketones is 1. The van der Waals surface area contributed by atoms with Crippen molar-refractivity contribution < 1.29 is 33.7 Å². The summed E-state index contributed by atoms with van der Waals surface area (Å²) in [7, 11) is 0. The van der Waals surface area contributed by atoms with Crippen molar-refractivity contribution in [2.24, 2.45) is 23.2 Å². The Bertz CT molecular complexity index is 1340. The first-order chi connectivity index (χ1) is 21.3. The topological polar surface area (TPSA) is 114 Å². The number of hydrogen-bond donors (Lipinski definition) is 2. The van der Waals surface area contributed by atoms with Gasteiger partial charge in [0, 0.05) is 30.2 Å². The van der Waals surface area contributed by atoms with Gasteiger partial charge in [-0.2, -0.15) is 0 Å². The monoisotopic (exact) mass is 619 g/mol. The molecule has 8 heteroatoms. The molecule has 2 aromatic rings. The van der Waals surface area contributed by atoms with E-state index in [0.717, 1.165) is 5.56 Å². The van der Waals surface area contributed by atoms with Crippen molar-refractivity contribution in [1.29, 1.82) is 0 Å². The average molecular weight is 620 g/mol. The molecule has 2 aliphatic rings. The van der Waals surface area contributed by atoms with Crippen LogP contribution in [0.3, 0.4) is 0 Å². The Balaban J connectivity index is 1.66. The number of benzene rings is 2. The van der Waals surface area contributed by atoms with Gasteiger partial charge in [0.05, 0.1) is 18.1 Å². The second-order valence-electron chi connectivity index (χ2n) is 13.8. The standard InChI is InChI=1S/C37H49NO7/c1-22(2)20-31-36(42)44-30(24(4)33-34(45-33)27-12-9-8-10-13-27)15-11-14-29(40)23(3)32(26-16-18-28(39)19-17-26)35(41)38-21-37(6,7)25(5)43-31/h8-14,16-19,22-25,30-34,39H,15,20-21H2,1-7H3,(H,38,41)/b14-11+/t23?,24-,25?,30-,31-,32+,33+,34+/m0/s1. The summed E-state index contributed by atoms with van der Waals surface area (Å²) in [5.74, 6) is -2.28. The van der Waals surface area contributed by atoms with Gasteiger partial charge in [0.2, 0.25) is 5.91 Å². The van der Waals surface area contributed by atoms with E-state index in [-0.39, 0.29) is 48.0 Å². The maximum absolute atomic E-state index is 13.7. The van der Waals surface area contributed by atoms with E-state index in [4.69, 9.17) is 14.2 Å². The Morgan fingerprint density at radius 3 is 2.24 bits per heavy atom. The zero-order valence-corrected chi connectivity index (χ0v) is 27.6. The zero-order valence-electron chi connectivity index (χ0n) is 27.6. The van der Waals surface area contributed by atoms with E-state index in [1.54, 1.807) is 25.1 Å². The van der Waals surface area contributed by atoms with Crippen molar-refractivity contribution in [2.75, 3.05) is 6.54 Å². The molecule has 0 aliphatic carbocycles. The first-order valence-corrected chi connectivity index (χ1v) is 16.1. The Hall–Kier alpha value is -3.49. The molecule has 2 N–H and O–H groups in total. The fraction of sp³-hybridized carbons (Fsp3) is 0.541. The lowest BCUT2D eigenvalue weighted by molar-refractivity contribution is -0.174. The zero-order chi connectivity index (χ0) is 32.9. The number of esters is 1. The predicted molar refractivity (Wildman–Crippen MR) is 172 cm³/mol. The summed E-state index contributed by atoms with van der Waals surface area (Å²) in [5.41, 5.74) is 1.16. The van der Waals surface area contributed by atoms with Crippen LogP contribution in [0.15, 0.2) is 66.7 Å². The fourth-order valence-corrected chi connectivity index (χ4v) is 5.86. The molecule has 0 saturated carbocycles. The number of carbonyl (C=O) groups excluding carboxylic acids is 3. The third kappa shape index (κ3) is 8.82. The van der Waals surface area contributed by atoms with E-state index in [1.807, 2.05) is 71.9 Å². The number of cyclic esters (lactones) is 1. The minimum Gasteiger partial charge on any atom is -0.508 e. The first-order valence-electron chi connectivity index (χ1n) is 16.1. The van der Waals surface area contributed by atoms with Crippen LogP contribution in [0.25, 0.3) is 0 Å². The molecule has 2 heterocycles. The first kappa shape index (κ1) is 34.4. The van der Waals surface area contributed by atoms with E-state index >= 15 is 0 Å². The number of hydrogen-bond acceptors (Lipinski definition) is 7. The van der Waals surface area contributed by atoms with Gasteiger partial charge >= 0.3 is 5.97 Å². The fourth-order valence-electron chi connectivity index (χ4n) is 5.86. The Labute approximate surface area is 267 Å². The molecule has 4 rings (SSSR count). The summed E-state index contributed by atoms with van der Waals surface area (Å²) in [6.07, 6.45) is 2.03. The highest BCUT2D eigenvalue weighted by Gasteiger charge is 2.48. The molecule has 8 nitrogen and oxygen atoms in total. The Kier molecular flexibility index (Phi) is 11.3. The van der Waals surface area contributed by atoms with Crippen molar-refractivity contribution in [1.82, 2.24) is 5.32 Å². The number of epoxide rings is 1. The molecular weight excluding hydrogens is 570 g/mol. The van der Waals surface area contributed by atoms with E-state index in [9.17, 15) is 19.5 Å². The second kappa shape index (κ2) is 14.7. The highest BCUT2D eigenvalue weighted by Crippen LogP contribution is 2.45. The van der Waals surface area contributed by atoms with Gasteiger partial charge in [-0.15, -0.1) is 0 Å². The molecule has 0 aromatic heterocycles. The van der Waals surface area contributed by atoms with Crippen molar-refractivity contribution in [3.05, 3.63) is 77.9 Å². The molecule has 2 aromatic carbocycles. The SMILES string of the molecule is CC(C)C[C@@H]1OC(C)C(C)(C)CNC(=O)[C@@H](c2ccc(O)cc2)C(C)C(=O)/C=C/C[C@@H]([C@H](C)[C@H]2O[C@@H]2c2ccccc2)OC1=O. The normalized spacial score (nSPS) is 31.1. The third-order valence-electron chi connectivity index (χ3n) is 9.30. The molecule has 1 fully saturated rings. The molecule has 45 heavy (non-hydrogen) atoms. The van der Waals surface area contributed by atoms with Gasteiger partial charge < -0.3 is 24.6 Å². The molecule has 1 amide bonds. The lowest BCUT2D eigenvalue weighted by Crippen LogP contribution is -2.46. The summed E-state index contributed by atoms with van der Waals surface area (Å²) >= 11 is 0. The van der Waals surface area contributed by atoms with Gasteiger partial charge in [0.25, 0.3) is 0 Å². The maximum atomic E-state index is 13.7. The highest BCUT2D eigenvalue weighted by atomic mass is 16.6. The molecule has 0 spiro atoms. The van der Waals surface area contributed by atoms with Crippen LogP contribution in [-0.4, -0.2) is 53.7 Å². The van der Waals surface area contributed by atoms with Gasteiger partial charge in [-0.25, -0.2) is 4.79 Å². The van der Waals surface area contributed by atoms with E-state index in [2.05, 4.69) is 5.32 Å². The molecule has 2 aliphatic heterocycles. The lowest BCUT2D eigenvalue weighted by Gasteiger charge is -2.36. The molecule has 2 unspecified atom stereocenters. The molecule has 244 valence electrons. The quantitative estimate of drug-likeness (QED) is 0.289. The van der Waals surface area contributed by atoms with Crippen LogP contribution in [0.2, 0.25) is 0 Å². The van der Waals surface area contributed by atoms with Gasteiger partial charge in [0.15, 0.2) is 11.9 Å². The Morgan fingerprint density at radius 1 is 0.933 bits per heavy atom. The highest BCUT2D eigenvalue weighted by molar-refractivity contribution is 5.97. The number of ether oxygens (including phenoxy) is 3. The van der Waals surface area contributed by atoms with Gasteiger partial charge in [-0.3, -0.25) is 9.59 Å². The van der Waals surface area contributed by atoms with Crippen LogP contribution in [0.5, 0.6) is 5.75 Å². The summed E-state index contributed by atoms with van der Waals surface area (Å²) in [6.45, 7) is 13.9. The molecule has 0 bridgehead atoms. The Morgan fingerprint density at radius 2 is 1.60 bits per heavy atom. The van der Waals surface area contributed by atoms with E-state index in [0.29, 0.717) is 18.4 Å². The largest absolute Gasteiger partial charge is 0.508 e. The molecule has 0 radical (unpaired) electrons. The number of phenolic OH excluding ortho intramolecular Hbond substituents is 1. The summed E-state index contributed by atoms with van der Waals surface area (Å²) < 4.78 is 18.7. The van der Waals surface area contributed by atoms with E-state index in [1.165, 1.54) is 18.2 Å². The van der Waals surface area contributed by atoms with Gasteiger partial charge in [0.1, 0.15) is 18.0 Å². The number of allylic oxidation sites excluding steroid dienone is 1. The summed E-state index contributed by atoms with van der Waals surface area (Å²) in [4.78, 5) is 40.9. The minimum absolute atomic E-state index is 0.0816. The van der Waals surface area contributed by atoms with Crippen LogP contribution < -0.4 is 5.32 Å². The van der Waals surface area contributed by atoms with Crippen LogP contribution in [0.4, 0.5) is 0 Å². The number of aromatic hydroxyl groups is 1. The van der Waals surface area contributed by atoms with Crippen LogP contribution in [0, 0.1) is 23.2 Å². The average Bonchev–Trinajstić information content (AvgIpc) is 3.80.